The first-order chi connectivity index (χ1) is 20.7. The summed E-state index contributed by atoms with van der Waals surface area (Å²) in [6.07, 6.45) is -0.614. The van der Waals surface area contributed by atoms with E-state index in [-0.39, 0.29) is 48.4 Å². The Kier molecular flexibility index (Phi) is 11.9. The largest absolute Gasteiger partial charge is 0.379 e. The number of alkyl halides is 1. The number of hydrogen-bond donors (Lipinski definition) is 5. The highest BCUT2D eigenvalue weighted by Crippen LogP contribution is 2.26. The summed E-state index contributed by atoms with van der Waals surface area (Å²) in [4.78, 5) is 41.4. The van der Waals surface area contributed by atoms with Gasteiger partial charge in [0, 0.05) is 42.3 Å². The van der Waals surface area contributed by atoms with Gasteiger partial charge in [-0.2, -0.15) is 4.98 Å². The number of nitrogens with one attached hydrogen (secondary N) is 2. The molecule has 0 radical (unpaired) electrons. The summed E-state index contributed by atoms with van der Waals surface area (Å²) in [7, 11) is 5.01. The third-order valence-electron chi connectivity index (χ3n) is 6.70. The fourth-order valence-electron chi connectivity index (χ4n) is 4.48. The zero-order valence-corrected chi connectivity index (χ0v) is 26.0. The molecule has 0 amide bonds. The molecule has 20 heteroatoms. The first kappa shape index (κ1) is 33.3. The zero-order valence-electron chi connectivity index (χ0n) is 23.0. The van der Waals surface area contributed by atoms with Gasteiger partial charge in [0.25, 0.3) is 11.1 Å². The lowest BCUT2D eigenvalue weighted by Gasteiger charge is -2.29. The van der Waals surface area contributed by atoms with Gasteiger partial charge in [0.1, 0.15) is 11.8 Å². The van der Waals surface area contributed by atoms with E-state index in [0.29, 0.717) is 17.6 Å². The Labute approximate surface area is 257 Å². The minimum atomic E-state index is -1.87. The quantitative estimate of drug-likeness (QED) is 0.0463. The van der Waals surface area contributed by atoms with Crippen LogP contribution in [-0.2, 0) is 34.2 Å². The van der Waals surface area contributed by atoms with Gasteiger partial charge < -0.3 is 38.8 Å². The lowest BCUT2D eigenvalue weighted by Crippen LogP contribution is -2.38. The lowest BCUT2D eigenvalue weighted by molar-refractivity contribution is -0.144. The summed E-state index contributed by atoms with van der Waals surface area (Å²) < 4.78 is 51.4. The molecular weight excluding hydrogens is 630 g/mol. The van der Waals surface area contributed by atoms with E-state index in [1.807, 2.05) is 4.57 Å². The van der Waals surface area contributed by atoms with Gasteiger partial charge in [-0.25, -0.2) is 14.4 Å². The van der Waals surface area contributed by atoms with Crippen LogP contribution in [0.25, 0.3) is 22.2 Å². The maximum Gasteiger partial charge on any atom is 0.280 e. The average Bonchev–Trinajstić information content (AvgIpc) is 3.60. The summed E-state index contributed by atoms with van der Waals surface area (Å²) >= 11 is 8.15. The Balaban J connectivity index is 1.41. The average molecular weight is 663 g/mol. The van der Waals surface area contributed by atoms with Gasteiger partial charge in [-0.15, -0.1) is 12.6 Å². The summed E-state index contributed by atoms with van der Waals surface area (Å²) in [5, 5.41) is 0.443. The second-order valence-electron chi connectivity index (χ2n) is 9.27. The maximum absolute atomic E-state index is 15.7. The SMILES string of the molecule is CO[C@H](COP)[C@@H](COC(S)OC[C@@H](OC)[C@@H](F)[C@@H](OS)n1cnc2c(=O)[nH]c(N)nc21)Cn1ccc2c(=O)[nH]cnc21. The molecule has 236 valence electrons. The van der Waals surface area contributed by atoms with Crippen molar-refractivity contribution in [1.29, 1.82) is 0 Å². The van der Waals surface area contributed by atoms with Crippen LogP contribution in [-0.4, -0.2) is 92.1 Å². The van der Waals surface area contributed by atoms with Crippen molar-refractivity contribution in [2.75, 3.05) is 39.8 Å². The molecule has 4 aromatic heterocycles. The number of anilines is 1. The van der Waals surface area contributed by atoms with Crippen molar-refractivity contribution < 1.29 is 32.0 Å². The molecule has 43 heavy (non-hydrogen) atoms. The van der Waals surface area contributed by atoms with Crippen molar-refractivity contribution in [3.8, 4) is 0 Å². The molecule has 4 N–H and O–H groups in total. The second kappa shape index (κ2) is 15.4. The summed E-state index contributed by atoms with van der Waals surface area (Å²) in [6, 6.07) is 1.67. The minimum absolute atomic E-state index is 0.00222. The van der Waals surface area contributed by atoms with Crippen molar-refractivity contribution in [1.82, 2.24) is 34.1 Å². The smallest absolute Gasteiger partial charge is 0.280 e. The second-order valence-corrected chi connectivity index (χ2v) is 10.2. The van der Waals surface area contributed by atoms with Crippen LogP contribution >= 0.6 is 35.0 Å². The Morgan fingerprint density at radius 2 is 1.84 bits per heavy atom. The predicted molar refractivity (Wildman–Crippen MR) is 162 cm³/mol. The Morgan fingerprint density at radius 3 is 2.53 bits per heavy atom. The van der Waals surface area contributed by atoms with Gasteiger partial charge in [0.2, 0.25) is 11.6 Å². The van der Waals surface area contributed by atoms with Crippen LogP contribution in [0.1, 0.15) is 6.23 Å². The van der Waals surface area contributed by atoms with Crippen LogP contribution in [0.15, 0.2) is 34.5 Å². The van der Waals surface area contributed by atoms with Gasteiger partial charge in [-0.05, 0) is 19.0 Å². The molecule has 0 saturated carbocycles. The molecule has 2 unspecified atom stereocenters. The summed E-state index contributed by atoms with van der Waals surface area (Å²) in [6.45, 7) is 0.382. The fraction of sp³-hybridized carbons (Fsp3) is 0.522. The molecule has 0 aliphatic carbocycles. The molecule has 0 bridgehead atoms. The summed E-state index contributed by atoms with van der Waals surface area (Å²) in [5.41, 5.74) is 4.14. The van der Waals surface area contributed by atoms with Gasteiger partial charge in [-0.3, -0.25) is 23.3 Å². The van der Waals surface area contributed by atoms with E-state index < -0.39 is 35.8 Å². The van der Waals surface area contributed by atoms with Crippen LogP contribution < -0.4 is 16.9 Å². The molecule has 4 aromatic rings. The number of hydrogen-bond acceptors (Lipinski definition) is 14. The van der Waals surface area contributed by atoms with Crippen LogP contribution in [0, 0.1) is 5.92 Å². The molecular formula is C23H32FN8O8PS2. The van der Waals surface area contributed by atoms with Gasteiger partial charge in [0.15, 0.2) is 23.6 Å². The third-order valence-corrected chi connectivity index (χ3v) is 7.41. The molecule has 4 rings (SSSR count). The number of H-pyrrole nitrogens is 2. The number of halogens is 1. The highest BCUT2D eigenvalue weighted by atomic mass is 32.1. The Morgan fingerprint density at radius 1 is 1.09 bits per heavy atom. The number of fused-ring (bicyclic) bond motifs is 2. The number of nitrogens with two attached hydrogens (primary N) is 1. The van der Waals surface area contributed by atoms with Gasteiger partial charge in [0.05, 0.1) is 44.0 Å². The van der Waals surface area contributed by atoms with E-state index >= 15 is 4.39 Å². The molecule has 16 nitrogen and oxygen atoms in total. The number of aromatic amines is 2. The number of thiol groups is 2. The monoisotopic (exact) mass is 662 g/mol. The third kappa shape index (κ3) is 7.73. The highest BCUT2D eigenvalue weighted by Gasteiger charge is 2.34. The van der Waals surface area contributed by atoms with Gasteiger partial charge in [-0.1, -0.05) is 0 Å². The minimum Gasteiger partial charge on any atom is -0.379 e. The Bertz CT molecular complexity index is 1600. The van der Waals surface area contributed by atoms with Crippen LogP contribution in [0.4, 0.5) is 10.3 Å². The molecule has 0 fully saturated rings. The molecule has 0 aromatic carbocycles. The van der Waals surface area contributed by atoms with E-state index in [1.54, 1.807) is 19.4 Å². The summed E-state index contributed by atoms with van der Waals surface area (Å²) in [5.74, 6) is -0.477. The van der Waals surface area contributed by atoms with Gasteiger partial charge >= 0.3 is 0 Å². The maximum atomic E-state index is 15.7. The number of rotatable bonds is 17. The lowest BCUT2D eigenvalue weighted by atomic mass is 10.0. The zero-order chi connectivity index (χ0) is 31.1. The molecule has 4 heterocycles. The van der Waals surface area contributed by atoms with Crippen LogP contribution in [0.2, 0.25) is 0 Å². The fourth-order valence-corrected chi connectivity index (χ4v) is 5.06. The van der Waals surface area contributed by atoms with E-state index in [4.69, 9.17) is 33.4 Å². The predicted octanol–water partition coefficient (Wildman–Crippen LogP) is 0.838. The molecule has 0 aliphatic rings. The number of nitrogens with zero attached hydrogens (tertiary/aromatic N) is 5. The first-order valence-corrected chi connectivity index (χ1v) is 14.0. The van der Waals surface area contributed by atoms with Crippen molar-refractivity contribution in [2.24, 2.45) is 5.92 Å². The molecule has 7 atom stereocenters. The first-order valence-electron chi connectivity index (χ1n) is 12.7. The number of aromatic nitrogens is 7. The number of methoxy groups -OCH3 is 2. The number of imidazole rings is 1. The van der Waals surface area contributed by atoms with Crippen molar-refractivity contribution in [3.63, 3.8) is 0 Å². The van der Waals surface area contributed by atoms with E-state index in [9.17, 15) is 9.59 Å². The Hall–Kier alpha value is -2.61. The van der Waals surface area contributed by atoms with E-state index in [0.717, 1.165) is 0 Å². The molecule has 0 saturated heterocycles. The van der Waals surface area contributed by atoms with E-state index in [1.165, 1.54) is 24.3 Å². The number of nitrogen functional groups attached to an aromatic ring is 1. The van der Waals surface area contributed by atoms with Crippen molar-refractivity contribution >= 4 is 63.2 Å². The van der Waals surface area contributed by atoms with Crippen LogP contribution in [0.3, 0.4) is 0 Å². The highest BCUT2D eigenvalue weighted by molar-refractivity contribution is 7.80. The van der Waals surface area contributed by atoms with E-state index in [2.05, 4.69) is 59.9 Å². The standard InChI is InChI=1S/C23H32FN8O8PS2/c1-35-13(8-39-41)11(5-31-4-3-12-17(31)26-9-27-19(12)33)6-37-23(42)38-7-14(36-2)15(24)21(40-43)32-10-28-16-18(32)29-22(25)30-20(16)34/h3-4,9-11,13-15,21,23,42-43H,5-8,41H2,1-2H3,(H,26,27,33)(H3,25,29,30,34)/t11-,13-,14-,15-,21-,23?/m1/s1. The normalized spacial score (nSPS) is 16.3. The molecule has 0 spiro atoms. The van der Waals surface area contributed by atoms with Crippen molar-refractivity contribution in [2.45, 2.75) is 36.8 Å². The molecule has 0 aliphatic heterocycles. The number of ether oxygens (including phenoxy) is 4. The van der Waals surface area contributed by atoms with Crippen molar-refractivity contribution in [3.05, 3.63) is 45.6 Å². The topological polar surface area (TPSA) is 196 Å². The van der Waals surface area contributed by atoms with Crippen LogP contribution in [0.5, 0.6) is 0 Å².